The highest BCUT2D eigenvalue weighted by Gasteiger charge is 2.34. The molecule has 2 bridgehead atoms. The number of aryl methyl sites for hydroxylation is 2. The zero-order chi connectivity index (χ0) is 27.7. The van der Waals surface area contributed by atoms with E-state index >= 15 is 0 Å². The first kappa shape index (κ1) is 26.9. The summed E-state index contributed by atoms with van der Waals surface area (Å²) in [6, 6.07) is 2.20. The van der Waals surface area contributed by atoms with Crippen molar-refractivity contribution in [2.24, 2.45) is 17.8 Å². The molecule has 1 fully saturated rings. The molecule has 4 heterocycles. The molecular weight excluding hydrogens is 496 g/mol. The van der Waals surface area contributed by atoms with Crippen molar-refractivity contribution < 1.29 is 14.6 Å². The predicted molar refractivity (Wildman–Crippen MR) is 151 cm³/mol. The van der Waals surface area contributed by atoms with Gasteiger partial charge in [-0.15, -0.1) is 0 Å². The molecule has 39 heavy (non-hydrogen) atoms. The van der Waals surface area contributed by atoms with Crippen molar-refractivity contribution >= 4 is 22.7 Å². The molecule has 1 aliphatic heterocycles. The first-order chi connectivity index (χ1) is 18.8. The number of allylic oxidation sites excluding steroid dienone is 1. The van der Waals surface area contributed by atoms with E-state index in [4.69, 9.17) is 25.2 Å². The Labute approximate surface area is 228 Å². The van der Waals surface area contributed by atoms with Gasteiger partial charge in [-0.05, 0) is 58.8 Å². The second-order valence-electron chi connectivity index (χ2n) is 10.3. The minimum atomic E-state index is -0.299. The predicted octanol–water partition coefficient (Wildman–Crippen LogP) is 2.95. The molecule has 2 atom stereocenters. The van der Waals surface area contributed by atoms with Crippen LogP contribution in [0.15, 0.2) is 34.8 Å². The van der Waals surface area contributed by atoms with Gasteiger partial charge in [0.15, 0.2) is 5.88 Å². The highest BCUT2D eigenvalue weighted by molar-refractivity contribution is 6.05. The number of fused-ring (bicyclic) bond motifs is 3. The average molecular weight is 535 g/mol. The van der Waals surface area contributed by atoms with Crippen LogP contribution in [-0.2, 0) is 11.8 Å². The lowest BCUT2D eigenvalue weighted by Gasteiger charge is -2.30. The lowest BCUT2D eigenvalue weighted by molar-refractivity contribution is 0.149. The molecule has 5 rings (SSSR count). The number of H-pyrrole nitrogens is 1. The van der Waals surface area contributed by atoms with Gasteiger partial charge in [-0.2, -0.15) is 10.2 Å². The quantitative estimate of drug-likeness (QED) is 0.425. The van der Waals surface area contributed by atoms with Gasteiger partial charge in [-0.1, -0.05) is 0 Å². The van der Waals surface area contributed by atoms with E-state index in [1.54, 1.807) is 10.9 Å². The van der Waals surface area contributed by atoms with E-state index in [0.717, 1.165) is 52.1 Å². The van der Waals surface area contributed by atoms with Crippen LogP contribution in [-0.4, -0.2) is 85.2 Å². The molecule has 0 aromatic carbocycles. The number of aliphatic hydroxyl groups is 1. The monoisotopic (exact) mass is 534 g/mol. The topological polar surface area (TPSA) is 140 Å². The van der Waals surface area contributed by atoms with Gasteiger partial charge in [-0.25, -0.2) is 4.68 Å². The lowest BCUT2D eigenvalue weighted by atomic mass is 10.1. The summed E-state index contributed by atoms with van der Waals surface area (Å²) in [5.74, 6) is 0.972. The Hall–Kier alpha value is -3.70. The molecule has 208 valence electrons. The minimum Gasteiger partial charge on any atom is -0.479 e. The molecular formula is C28H38N8O3. The van der Waals surface area contributed by atoms with Gasteiger partial charge in [0, 0.05) is 31.1 Å². The third kappa shape index (κ3) is 5.55. The normalized spacial score (nSPS) is 22.7. The number of hydrogen-bond donors (Lipinski definition) is 3. The van der Waals surface area contributed by atoms with Crippen molar-refractivity contribution in [1.82, 2.24) is 29.9 Å². The Morgan fingerprint density at radius 3 is 2.87 bits per heavy atom. The van der Waals surface area contributed by atoms with Gasteiger partial charge < -0.3 is 20.3 Å². The number of ether oxygens (including phenoxy) is 2. The van der Waals surface area contributed by atoms with Crippen molar-refractivity contribution in [3.63, 3.8) is 0 Å². The Bertz CT molecular complexity index is 1430. The van der Waals surface area contributed by atoms with E-state index in [9.17, 15) is 5.11 Å². The molecule has 1 saturated carbocycles. The first-order valence-electron chi connectivity index (χ1n) is 13.6. The summed E-state index contributed by atoms with van der Waals surface area (Å²) in [4.78, 5) is 12.0. The molecule has 2 unspecified atom stereocenters. The molecule has 11 heteroatoms. The molecule has 4 N–H and O–H groups in total. The molecule has 0 radical (unpaired) electrons. The zero-order valence-corrected chi connectivity index (χ0v) is 23.3. The number of aliphatic imine (C=N–C) groups is 1. The van der Waals surface area contributed by atoms with E-state index in [1.165, 1.54) is 0 Å². The van der Waals surface area contributed by atoms with Gasteiger partial charge in [0.25, 0.3) is 0 Å². The second-order valence-corrected chi connectivity index (χ2v) is 10.3. The van der Waals surface area contributed by atoms with Crippen LogP contribution in [0.3, 0.4) is 0 Å². The van der Waals surface area contributed by atoms with E-state index < -0.39 is 0 Å². The lowest BCUT2D eigenvalue weighted by Crippen LogP contribution is -2.43. The molecule has 1 aliphatic carbocycles. The Balaban J connectivity index is 1.70. The van der Waals surface area contributed by atoms with Crippen molar-refractivity contribution in [3.05, 3.63) is 41.2 Å². The number of nitrogens with zero attached hydrogens (tertiary/aromatic N) is 6. The number of aromatic nitrogens is 5. The van der Waals surface area contributed by atoms with Gasteiger partial charge >= 0.3 is 0 Å². The summed E-state index contributed by atoms with van der Waals surface area (Å²) in [6.07, 6.45) is 7.83. The third-order valence-corrected chi connectivity index (χ3v) is 7.20. The van der Waals surface area contributed by atoms with E-state index in [1.807, 2.05) is 46.0 Å². The largest absolute Gasteiger partial charge is 0.479 e. The maximum absolute atomic E-state index is 9.85. The molecule has 2 aliphatic rings. The highest BCUT2D eigenvalue weighted by Crippen LogP contribution is 2.35. The van der Waals surface area contributed by atoms with Crippen LogP contribution in [0.1, 0.15) is 45.0 Å². The Morgan fingerprint density at radius 2 is 2.15 bits per heavy atom. The fourth-order valence-electron chi connectivity index (χ4n) is 5.04. The molecule has 3 aromatic heterocycles. The number of nitrogens with one attached hydrogen (secondary N) is 1. The molecule has 0 saturated heterocycles. The fraction of sp³-hybridized carbons (Fsp3) is 0.500. The van der Waals surface area contributed by atoms with Crippen LogP contribution in [0, 0.1) is 6.92 Å². The van der Waals surface area contributed by atoms with Crippen LogP contribution in [0.2, 0.25) is 0 Å². The molecule has 11 nitrogen and oxygen atoms in total. The Kier molecular flexibility index (Phi) is 7.72. The molecule has 0 amide bonds. The Morgan fingerprint density at radius 1 is 1.36 bits per heavy atom. The number of aliphatic hydroxyl groups excluding tert-OH is 1. The molecule has 3 aromatic rings. The average Bonchev–Trinajstić information content (AvgIpc) is 3.61. The van der Waals surface area contributed by atoms with Crippen molar-refractivity contribution in [1.29, 1.82) is 0 Å². The number of rotatable bonds is 5. The SMILES string of the molecule is CCO/C(N)=C1\C=C\c2n[nH]c3cnc(cc23)-c2c(C)nn(C)c2OCC(C)N(C2CC2)CC1=NC(C)CO. The molecule has 0 spiro atoms. The van der Waals surface area contributed by atoms with Gasteiger partial charge in [0.05, 0.1) is 64.9 Å². The zero-order valence-electron chi connectivity index (χ0n) is 23.3. The maximum Gasteiger partial charge on any atom is 0.221 e. The van der Waals surface area contributed by atoms with Crippen molar-refractivity contribution in [2.75, 3.05) is 26.4 Å². The minimum absolute atomic E-state index is 0.0699. The standard InChI is InChI=1S/C28H38N8O3/c1-6-38-27(29)20-9-10-22-21-11-23(30-12-24(21)33-32-22)26-18(4)34-35(5)28(26)39-15-17(3)36(19-7-8-19)13-25(20)31-16(2)14-37/h9-12,16-17,19,37H,6-8,13-15,29H2,1-5H3,(H,32,33)/b10-9+,27-20+,31-25?. The van der Waals surface area contributed by atoms with Crippen molar-refractivity contribution in [2.45, 2.75) is 58.7 Å². The van der Waals surface area contributed by atoms with Crippen LogP contribution < -0.4 is 10.5 Å². The van der Waals surface area contributed by atoms with E-state index in [2.05, 4.69) is 27.1 Å². The third-order valence-electron chi connectivity index (χ3n) is 7.20. The fourth-order valence-corrected chi connectivity index (χ4v) is 5.04. The van der Waals surface area contributed by atoms with Crippen LogP contribution in [0.25, 0.3) is 28.2 Å². The van der Waals surface area contributed by atoms with Gasteiger partial charge in [-0.3, -0.25) is 20.0 Å². The van der Waals surface area contributed by atoms with Gasteiger partial charge in [0.2, 0.25) is 5.88 Å². The summed E-state index contributed by atoms with van der Waals surface area (Å²) >= 11 is 0. The maximum atomic E-state index is 9.85. The summed E-state index contributed by atoms with van der Waals surface area (Å²) in [5.41, 5.74) is 11.9. The number of nitrogens with two attached hydrogens (primary N) is 1. The highest BCUT2D eigenvalue weighted by atomic mass is 16.5. The number of pyridine rings is 1. The first-order valence-corrected chi connectivity index (χ1v) is 13.6. The van der Waals surface area contributed by atoms with E-state index in [0.29, 0.717) is 37.3 Å². The summed E-state index contributed by atoms with van der Waals surface area (Å²) < 4.78 is 14.0. The summed E-state index contributed by atoms with van der Waals surface area (Å²) in [5, 5.41) is 23.0. The summed E-state index contributed by atoms with van der Waals surface area (Å²) in [6.45, 7) is 9.27. The van der Waals surface area contributed by atoms with Crippen molar-refractivity contribution in [3.8, 4) is 17.1 Å². The number of aromatic amines is 1. The smallest absolute Gasteiger partial charge is 0.221 e. The second kappa shape index (κ2) is 11.2. The number of hydrogen-bond acceptors (Lipinski definition) is 9. The van der Waals surface area contributed by atoms with Crippen LogP contribution in [0.5, 0.6) is 5.88 Å². The van der Waals surface area contributed by atoms with Crippen LogP contribution in [0.4, 0.5) is 0 Å². The van der Waals surface area contributed by atoms with Gasteiger partial charge in [0.1, 0.15) is 6.61 Å². The van der Waals surface area contributed by atoms with E-state index in [-0.39, 0.29) is 24.6 Å². The van der Waals surface area contributed by atoms with Crippen LogP contribution >= 0.6 is 0 Å². The summed E-state index contributed by atoms with van der Waals surface area (Å²) in [7, 11) is 1.89.